The fourth-order valence-electron chi connectivity index (χ4n) is 1.61. The van der Waals surface area contributed by atoms with Gasteiger partial charge in [-0.1, -0.05) is 24.3 Å². The number of nitrogens with zero attached hydrogens (tertiary/aromatic N) is 1. The molecule has 3 nitrogen and oxygen atoms in total. The summed E-state index contributed by atoms with van der Waals surface area (Å²) < 4.78 is 0. The summed E-state index contributed by atoms with van der Waals surface area (Å²) in [5.74, 6) is 0.0169. The van der Waals surface area contributed by atoms with Crippen LogP contribution in [0.4, 0.5) is 5.13 Å². The lowest BCUT2D eigenvalue weighted by Gasteiger charge is -2.05. The molecular formula is C13H14N2OS. The molecule has 0 aliphatic heterocycles. The van der Waals surface area contributed by atoms with E-state index in [2.05, 4.69) is 29.4 Å². The van der Waals surface area contributed by atoms with Crippen LogP contribution in [0.3, 0.4) is 0 Å². The molecule has 4 heteroatoms. The smallest absolute Gasteiger partial charge is 0.226 e. The fourth-order valence-corrected chi connectivity index (χ4v) is 2.15. The Morgan fingerprint density at radius 2 is 2.24 bits per heavy atom. The molecule has 0 radical (unpaired) electrons. The summed E-state index contributed by atoms with van der Waals surface area (Å²) in [5, 5.41) is 5.29. The Hall–Kier alpha value is -1.68. The topological polar surface area (TPSA) is 42.0 Å². The second-order valence-corrected chi connectivity index (χ2v) is 4.71. The van der Waals surface area contributed by atoms with Crippen molar-refractivity contribution in [3.8, 4) is 0 Å². The molecule has 0 saturated carbocycles. The zero-order valence-corrected chi connectivity index (χ0v) is 10.5. The minimum Gasteiger partial charge on any atom is -0.302 e. The monoisotopic (exact) mass is 246 g/mol. The van der Waals surface area contributed by atoms with Crippen LogP contribution in [-0.2, 0) is 11.2 Å². The second-order valence-electron chi connectivity index (χ2n) is 3.81. The Kier molecular flexibility index (Phi) is 3.88. The Balaban J connectivity index is 1.86. The molecule has 0 fully saturated rings. The summed E-state index contributed by atoms with van der Waals surface area (Å²) in [6, 6.07) is 8.13. The van der Waals surface area contributed by atoms with Crippen LogP contribution in [0.15, 0.2) is 35.8 Å². The maximum absolute atomic E-state index is 11.7. The molecule has 0 saturated heterocycles. The fraction of sp³-hybridized carbons (Fsp3) is 0.231. The predicted molar refractivity (Wildman–Crippen MR) is 70.2 cm³/mol. The Labute approximate surface area is 105 Å². The lowest BCUT2D eigenvalue weighted by Crippen LogP contribution is -2.12. The predicted octanol–water partition coefficient (Wildman–Crippen LogP) is 3.02. The average molecular weight is 246 g/mol. The highest BCUT2D eigenvalue weighted by molar-refractivity contribution is 7.13. The van der Waals surface area contributed by atoms with Crippen molar-refractivity contribution >= 4 is 22.4 Å². The Bertz CT molecular complexity index is 494. The average Bonchev–Trinajstić information content (AvgIpc) is 2.81. The Morgan fingerprint density at radius 3 is 2.94 bits per heavy atom. The van der Waals surface area contributed by atoms with Gasteiger partial charge in [-0.25, -0.2) is 4.98 Å². The summed E-state index contributed by atoms with van der Waals surface area (Å²) in [6.07, 6.45) is 2.94. The first-order valence-corrected chi connectivity index (χ1v) is 6.37. The number of benzene rings is 1. The van der Waals surface area contributed by atoms with Gasteiger partial charge in [0.15, 0.2) is 5.13 Å². The van der Waals surface area contributed by atoms with E-state index in [9.17, 15) is 4.79 Å². The van der Waals surface area contributed by atoms with E-state index < -0.39 is 0 Å². The number of hydrogen-bond donors (Lipinski definition) is 1. The molecule has 1 N–H and O–H groups in total. The van der Waals surface area contributed by atoms with Crippen LogP contribution in [0.1, 0.15) is 17.5 Å². The van der Waals surface area contributed by atoms with E-state index in [1.807, 2.05) is 17.5 Å². The second kappa shape index (κ2) is 5.59. The zero-order valence-electron chi connectivity index (χ0n) is 9.64. The quantitative estimate of drug-likeness (QED) is 0.901. The first-order chi connectivity index (χ1) is 8.25. The molecule has 0 spiro atoms. The highest BCUT2D eigenvalue weighted by Gasteiger charge is 2.05. The first-order valence-electron chi connectivity index (χ1n) is 5.49. The summed E-state index contributed by atoms with van der Waals surface area (Å²) in [7, 11) is 0. The molecular weight excluding hydrogens is 232 g/mol. The molecule has 0 atom stereocenters. The van der Waals surface area contributed by atoms with Gasteiger partial charge in [0.25, 0.3) is 0 Å². The molecule has 1 aromatic carbocycles. The van der Waals surface area contributed by atoms with E-state index in [-0.39, 0.29) is 5.91 Å². The van der Waals surface area contributed by atoms with Gasteiger partial charge in [0.2, 0.25) is 5.91 Å². The van der Waals surface area contributed by atoms with Crippen molar-refractivity contribution in [1.82, 2.24) is 4.98 Å². The maximum Gasteiger partial charge on any atom is 0.226 e. The molecule has 2 aromatic rings. The van der Waals surface area contributed by atoms with Gasteiger partial charge in [0, 0.05) is 18.0 Å². The molecule has 17 heavy (non-hydrogen) atoms. The summed E-state index contributed by atoms with van der Waals surface area (Å²) in [5.41, 5.74) is 2.45. The Morgan fingerprint density at radius 1 is 1.41 bits per heavy atom. The standard InChI is InChI=1S/C13H14N2OS/c1-10-4-2-3-5-11(10)6-7-12(16)15-13-14-8-9-17-13/h2-5,8-9H,6-7H2,1H3,(H,14,15,16). The number of carbonyl (C=O) groups is 1. The molecule has 2 rings (SSSR count). The van der Waals surface area contributed by atoms with Crippen molar-refractivity contribution in [2.75, 3.05) is 5.32 Å². The summed E-state index contributed by atoms with van der Waals surface area (Å²) in [6.45, 7) is 2.06. The highest BCUT2D eigenvalue weighted by atomic mass is 32.1. The van der Waals surface area contributed by atoms with Crippen molar-refractivity contribution < 1.29 is 4.79 Å². The number of thiazole rings is 1. The van der Waals surface area contributed by atoms with Crippen LogP contribution < -0.4 is 5.32 Å². The summed E-state index contributed by atoms with van der Waals surface area (Å²) in [4.78, 5) is 15.7. The van der Waals surface area contributed by atoms with Crippen molar-refractivity contribution in [1.29, 1.82) is 0 Å². The van der Waals surface area contributed by atoms with Crippen LogP contribution in [0, 0.1) is 6.92 Å². The normalized spacial score (nSPS) is 10.2. The molecule has 88 valence electrons. The third-order valence-corrected chi connectivity index (χ3v) is 3.25. The van der Waals surface area contributed by atoms with Crippen LogP contribution in [0.25, 0.3) is 0 Å². The largest absolute Gasteiger partial charge is 0.302 e. The third-order valence-electron chi connectivity index (χ3n) is 2.56. The van der Waals surface area contributed by atoms with E-state index in [0.717, 1.165) is 6.42 Å². The van der Waals surface area contributed by atoms with Crippen molar-refractivity contribution in [2.24, 2.45) is 0 Å². The molecule has 0 aliphatic carbocycles. The van der Waals surface area contributed by atoms with E-state index in [1.165, 1.54) is 22.5 Å². The molecule has 1 heterocycles. The third kappa shape index (κ3) is 3.39. The number of nitrogens with one attached hydrogen (secondary N) is 1. The van der Waals surface area contributed by atoms with Crippen LogP contribution in [0.2, 0.25) is 0 Å². The van der Waals surface area contributed by atoms with E-state index in [1.54, 1.807) is 6.20 Å². The van der Waals surface area contributed by atoms with Gasteiger partial charge >= 0.3 is 0 Å². The number of carbonyl (C=O) groups excluding carboxylic acids is 1. The van der Waals surface area contributed by atoms with Crippen LogP contribution in [-0.4, -0.2) is 10.9 Å². The van der Waals surface area contributed by atoms with E-state index >= 15 is 0 Å². The van der Waals surface area contributed by atoms with Gasteiger partial charge in [0.05, 0.1) is 0 Å². The number of hydrogen-bond acceptors (Lipinski definition) is 3. The van der Waals surface area contributed by atoms with Crippen molar-refractivity contribution in [2.45, 2.75) is 19.8 Å². The van der Waals surface area contributed by atoms with Gasteiger partial charge < -0.3 is 5.32 Å². The number of aromatic nitrogens is 1. The molecule has 1 aromatic heterocycles. The molecule has 1 amide bonds. The number of amides is 1. The number of anilines is 1. The SMILES string of the molecule is Cc1ccccc1CCC(=O)Nc1nccs1. The summed E-state index contributed by atoms with van der Waals surface area (Å²) >= 11 is 1.43. The van der Waals surface area contributed by atoms with Gasteiger partial charge in [-0.3, -0.25) is 4.79 Å². The lowest BCUT2D eigenvalue weighted by atomic mass is 10.0. The van der Waals surface area contributed by atoms with Crippen LogP contribution in [0.5, 0.6) is 0 Å². The minimum absolute atomic E-state index is 0.0169. The minimum atomic E-state index is 0.0169. The first kappa shape index (κ1) is 11.8. The highest BCUT2D eigenvalue weighted by Crippen LogP contribution is 2.13. The van der Waals surface area contributed by atoms with Gasteiger partial charge in [0.1, 0.15) is 0 Å². The van der Waals surface area contributed by atoms with Gasteiger partial charge in [-0.05, 0) is 24.5 Å². The maximum atomic E-state index is 11.7. The van der Waals surface area contributed by atoms with Gasteiger partial charge in [-0.2, -0.15) is 0 Å². The lowest BCUT2D eigenvalue weighted by molar-refractivity contribution is -0.116. The molecule has 0 bridgehead atoms. The number of aryl methyl sites for hydroxylation is 2. The van der Waals surface area contributed by atoms with E-state index in [4.69, 9.17) is 0 Å². The number of rotatable bonds is 4. The van der Waals surface area contributed by atoms with Crippen LogP contribution >= 0.6 is 11.3 Å². The van der Waals surface area contributed by atoms with Crippen molar-refractivity contribution in [3.05, 3.63) is 47.0 Å². The van der Waals surface area contributed by atoms with Crippen molar-refractivity contribution in [3.63, 3.8) is 0 Å². The molecule has 0 unspecified atom stereocenters. The van der Waals surface area contributed by atoms with Gasteiger partial charge in [-0.15, -0.1) is 11.3 Å². The zero-order chi connectivity index (χ0) is 12.1. The molecule has 0 aliphatic rings. The van der Waals surface area contributed by atoms with E-state index in [0.29, 0.717) is 11.6 Å².